The monoisotopic (exact) mass is 504 g/mol. The van der Waals surface area contributed by atoms with Gasteiger partial charge >= 0.3 is 6.18 Å². The van der Waals surface area contributed by atoms with E-state index in [-0.39, 0.29) is 16.9 Å². The molecule has 0 aliphatic heterocycles. The van der Waals surface area contributed by atoms with Crippen LogP contribution in [-0.4, -0.2) is 19.3 Å². The Morgan fingerprint density at radius 3 is 1.86 bits per heavy atom. The molecule has 0 aliphatic rings. The number of halogens is 3. The zero-order valence-electron chi connectivity index (χ0n) is 21.4. The normalized spacial score (nSPS) is 13.0. The zero-order valence-corrected chi connectivity index (χ0v) is 22.3. The van der Waals surface area contributed by atoms with Crippen LogP contribution in [0.25, 0.3) is 0 Å². The van der Waals surface area contributed by atoms with E-state index in [4.69, 9.17) is 9.47 Å². The summed E-state index contributed by atoms with van der Waals surface area (Å²) in [6, 6.07) is 11.7. The van der Waals surface area contributed by atoms with Crippen LogP contribution in [-0.2, 0) is 11.6 Å². The molecule has 0 aromatic heterocycles. The van der Waals surface area contributed by atoms with E-state index < -0.39 is 19.7 Å². The second-order valence-corrected chi connectivity index (χ2v) is 11.8. The fourth-order valence-electron chi connectivity index (χ4n) is 4.39. The molecule has 0 radical (unpaired) electrons. The Morgan fingerprint density at radius 1 is 0.800 bits per heavy atom. The predicted octanol–water partition coefficient (Wildman–Crippen LogP) is 6.41. The summed E-state index contributed by atoms with van der Waals surface area (Å²) in [6.45, 7) is 11.6. The highest BCUT2D eigenvalue weighted by Gasteiger charge is 2.36. The molecule has 35 heavy (non-hydrogen) atoms. The van der Waals surface area contributed by atoms with Gasteiger partial charge < -0.3 is 14.6 Å². The molecular weight excluding hydrogens is 472 g/mol. The lowest BCUT2D eigenvalue weighted by molar-refractivity contribution is -0.137. The number of ether oxygens (including phenoxy) is 2. The average Bonchev–Trinajstić information content (AvgIpc) is 2.74. The lowest BCUT2D eigenvalue weighted by atomic mass is 9.86. The van der Waals surface area contributed by atoms with Gasteiger partial charge in [0.05, 0.1) is 19.8 Å². The summed E-state index contributed by atoms with van der Waals surface area (Å²) < 4.78 is 52.2. The molecule has 0 heterocycles. The molecule has 0 aliphatic carbocycles. The molecule has 3 aromatic rings. The maximum absolute atomic E-state index is 13.6. The Hall–Kier alpha value is -2.72. The number of methoxy groups -OCH3 is 2. The molecule has 0 amide bonds. The number of aryl methyl sites for hydroxylation is 3. The molecule has 0 bridgehead atoms. The molecule has 0 saturated heterocycles. The van der Waals surface area contributed by atoms with Crippen molar-refractivity contribution in [1.29, 1.82) is 0 Å². The third-order valence-corrected chi connectivity index (χ3v) is 8.84. The van der Waals surface area contributed by atoms with E-state index in [2.05, 4.69) is 0 Å². The molecule has 1 atom stereocenters. The van der Waals surface area contributed by atoms with Gasteiger partial charge in [0, 0.05) is 15.9 Å². The van der Waals surface area contributed by atoms with Crippen LogP contribution in [0.1, 0.15) is 48.6 Å². The second kappa shape index (κ2) is 9.73. The van der Waals surface area contributed by atoms with Gasteiger partial charge in [0.25, 0.3) is 0 Å². The summed E-state index contributed by atoms with van der Waals surface area (Å²) in [4.78, 5) is 0. The third-order valence-electron chi connectivity index (χ3n) is 5.95. The van der Waals surface area contributed by atoms with E-state index in [9.17, 15) is 18.3 Å². The molecule has 0 saturated carbocycles. The lowest BCUT2D eigenvalue weighted by Crippen LogP contribution is -2.28. The van der Waals surface area contributed by atoms with Gasteiger partial charge in [-0.25, -0.2) is 0 Å². The van der Waals surface area contributed by atoms with Gasteiger partial charge in [0.15, 0.2) is 0 Å². The second-order valence-electron chi connectivity index (χ2n) is 9.73. The van der Waals surface area contributed by atoms with Crippen LogP contribution in [0.2, 0.25) is 0 Å². The lowest BCUT2D eigenvalue weighted by Gasteiger charge is -2.30. The Bertz CT molecular complexity index is 1240. The molecule has 3 rings (SSSR count). The smallest absolute Gasteiger partial charge is 0.416 e. The summed E-state index contributed by atoms with van der Waals surface area (Å²) in [7, 11) is 1.40. The van der Waals surface area contributed by atoms with E-state index >= 15 is 0 Å². The largest absolute Gasteiger partial charge is 0.507 e. The minimum absolute atomic E-state index is 0.131. The van der Waals surface area contributed by atoms with Crippen LogP contribution < -0.4 is 25.4 Å². The highest BCUT2D eigenvalue weighted by molar-refractivity contribution is 7.80. The van der Waals surface area contributed by atoms with E-state index in [1.54, 1.807) is 14.0 Å². The highest BCUT2D eigenvalue weighted by Crippen LogP contribution is 2.47. The molecule has 1 unspecified atom stereocenters. The van der Waals surface area contributed by atoms with Gasteiger partial charge in [0.2, 0.25) is 0 Å². The number of hydrogen-bond donors (Lipinski definition) is 1. The van der Waals surface area contributed by atoms with Gasteiger partial charge in [-0.1, -0.05) is 45.0 Å². The van der Waals surface area contributed by atoms with Crippen molar-refractivity contribution in [2.45, 2.75) is 53.1 Å². The zero-order chi connectivity index (χ0) is 26.3. The van der Waals surface area contributed by atoms with Gasteiger partial charge in [0.1, 0.15) is 17.2 Å². The van der Waals surface area contributed by atoms with Crippen molar-refractivity contribution in [1.82, 2.24) is 0 Å². The third kappa shape index (κ3) is 5.28. The van der Waals surface area contributed by atoms with Crippen molar-refractivity contribution in [2.75, 3.05) is 14.2 Å². The summed E-state index contributed by atoms with van der Waals surface area (Å²) >= 11 is 0. The number of para-hydroxylation sites is 1. The van der Waals surface area contributed by atoms with Crippen molar-refractivity contribution in [3.05, 3.63) is 70.3 Å². The van der Waals surface area contributed by atoms with Crippen LogP contribution in [0.5, 0.6) is 17.2 Å². The molecule has 188 valence electrons. The first-order valence-electron chi connectivity index (χ1n) is 11.2. The predicted molar refractivity (Wildman–Crippen MR) is 138 cm³/mol. The molecule has 3 aromatic carbocycles. The standard InChI is InChI=1S/C28H32F3O3P/c1-16-12-17(2)25(21(13-16)33-7)35(23-11-9-10-20(24(23)32)27(4,5)6)26-18(3)14-19(28(29,30)31)15-22(26)34-8/h9-15,32H,1-8H3. The molecule has 3 nitrogen and oxygen atoms in total. The maximum atomic E-state index is 13.6. The summed E-state index contributed by atoms with van der Waals surface area (Å²) in [6.07, 6.45) is -4.51. The number of rotatable bonds is 5. The van der Waals surface area contributed by atoms with Crippen molar-refractivity contribution in [3.8, 4) is 17.2 Å². The van der Waals surface area contributed by atoms with Gasteiger partial charge in [-0.2, -0.15) is 13.2 Å². The SMILES string of the molecule is COc1cc(C)cc(C)c1P(c1cccc(C(C)(C)C)c1O)c1c(C)cc(C(F)(F)F)cc1OC. The summed E-state index contributed by atoms with van der Waals surface area (Å²) in [5.41, 5.74) is 2.01. The Morgan fingerprint density at radius 2 is 1.34 bits per heavy atom. The molecule has 0 spiro atoms. The number of phenols is 1. The number of benzene rings is 3. The quantitative estimate of drug-likeness (QED) is 0.408. The first kappa shape index (κ1) is 26.9. The minimum Gasteiger partial charge on any atom is -0.507 e. The van der Waals surface area contributed by atoms with Crippen LogP contribution in [0.15, 0.2) is 42.5 Å². The summed E-state index contributed by atoms with van der Waals surface area (Å²) in [5, 5.41) is 13.6. The fourth-order valence-corrected chi connectivity index (χ4v) is 7.25. The van der Waals surface area contributed by atoms with Crippen molar-refractivity contribution in [3.63, 3.8) is 0 Å². The molecule has 7 heteroatoms. The van der Waals surface area contributed by atoms with Crippen LogP contribution in [0.3, 0.4) is 0 Å². The molecule has 1 N–H and O–H groups in total. The topological polar surface area (TPSA) is 38.7 Å². The summed E-state index contributed by atoms with van der Waals surface area (Å²) in [5.74, 6) is 0.885. The van der Waals surface area contributed by atoms with Crippen molar-refractivity contribution >= 4 is 23.8 Å². The maximum Gasteiger partial charge on any atom is 0.416 e. The van der Waals surface area contributed by atoms with E-state index in [1.165, 1.54) is 7.11 Å². The number of alkyl halides is 3. The van der Waals surface area contributed by atoms with Gasteiger partial charge in [-0.3, -0.25) is 0 Å². The van der Waals surface area contributed by atoms with Crippen LogP contribution >= 0.6 is 7.92 Å². The van der Waals surface area contributed by atoms with E-state index in [1.807, 2.05) is 65.0 Å². The van der Waals surface area contributed by atoms with Crippen LogP contribution in [0, 0.1) is 20.8 Å². The van der Waals surface area contributed by atoms with Crippen molar-refractivity contribution < 1.29 is 27.8 Å². The van der Waals surface area contributed by atoms with E-state index in [0.29, 0.717) is 21.9 Å². The van der Waals surface area contributed by atoms with Gasteiger partial charge in [-0.05, 0) is 74.6 Å². The Labute approximate surface area is 206 Å². The minimum atomic E-state index is -4.51. The molecular formula is C28H32F3O3P. The fraction of sp³-hybridized carbons (Fsp3) is 0.357. The molecule has 0 fully saturated rings. The number of aromatic hydroxyl groups is 1. The number of hydrogen-bond acceptors (Lipinski definition) is 3. The van der Waals surface area contributed by atoms with Gasteiger partial charge in [-0.15, -0.1) is 0 Å². The average molecular weight is 505 g/mol. The number of phenolic OH excluding ortho intramolecular Hbond substituents is 1. The highest BCUT2D eigenvalue weighted by atomic mass is 31.1. The van der Waals surface area contributed by atoms with Crippen LogP contribution in [0.4, 0.5) is 13.2 Å². The van der Waals surface area contributed by atoms with E-state index in [0.717, 1.165) is 34.1 Å². The van der Waals surface area contributed by atoms with Crippen molar-refractivity contribution in [2.24, 2.45) is 0 Å². The first-order chi connectivity index (χ1) is 16.2. The Kier molecular flexibility index (Phi) is 7.48. The first-order valence-corrected chi connectivity index (χ1v) is 12.6. The Balaban J connectivity index is 2.49.